The van der Waals surface area contributed by atoms with Gasteiger partial charge in [-0.1, -0.05) is 28.1 Å². The van der Waals surface area contributed by atoms with Crippen LogP contribution in [-0.4, -0.2) is 12.5 Å². The molecular formula is C15H13BrF2N2O. The molecule has 0 aliphatic heterocycles. The van der Waals surface area contributed by atoms with Crippen molar-refractivity contribution in [1.82, 2.24) is 0 Å². The van der Waals surface area contributed by atoms with Crippen molar-refractivity contribution >= 4 is 33.2 Å². The highest BCUT2D eigenvalue weighted by Crippen LogP contribution is 2.21. The van der Waals surface area contributed by atoms with Gasteiger partial charge in [0, 0.05) is 10.2 Å². The molecule has 2 rings (SSSR count). The van der Waals surface area contributed by atoms with Crippen molar-refractivity contribution in [3.8, 4) is 0 Å². The third-order valence-corrected chi connectivity index (χ3v) is 3.31. The Labute approximate surface area is 129 Å². The zero-order valence-corrected chi connectivity index (χ0v) is 12.8. The molecule has 21 heavy (non-hydrogen) atoms. The van der Waals surface area contributed by atoms with Gasteiger partial charge in [-0.2, -0.15) is 0 Å². The molecule has 0 aliphatic carbocycles. The molecule has 2 N–H and O–H groups in total. The first-order valence-corrected chi connectivity index (χ1v) is 7.00. The number of benzene rings is 2. The Bertz CT molecular complexity index is 677. The van der Waals surface area contributed by atoms with Gasteiger partial charge in [0.05, 0.1) is 6.54 Å². The van der Waals surface area contributed by atoms with E-state index in [1.165, 1.54) is 13.0 Å². The Morgan fingerprint density at radius 3 is 2.71 bits per heavy atom. The van der Waals surface area contributed by atoms with Crippen LogP contribution in [0.25, 0.3) is 0 Å². The van der Waals surface area contributed by atoms with E-state index >= 15 is 0 Å². The lowest BCUT2D eigenvalue weighted by Gasteiger charge is -2.11. The topological polar surface area (TPSA) is 41.1 Å². The number of carbonyl (C=O) groups is 1. The lowest BCUT2D eigenvalue weighted by atomic mass is 10.2. The summed E-state index contributed by atoms with van der Waals surface area (Å²) in [7, 11) is 0. The van der Waals surface area contributed by atoms with E-state index in [1.54, 1.807) is 18.2 Å². The molecule has 0 aliphatic rings. The van der Waals surface area contributed by atoms with Crippen LogP contribution < -0.4 is 10.6 Å². The van der Waals surface area contributed by atoms with Gasteiger partial charge in [-0.25, -0.2) is 8.78 Å². The number of halogens is 3. The van der Waals surface area contributed by atoms with Crippen molar-refractivity contribution in [3.63, 3.8) is 0 Å². The molecule has 0 unspecified atom stereocenters. The van der Waals surface area contributed by atoms with E-state index in [0.717, 1.165) is 10.5 Å². The molecule has 1 amide bonds. The molecule has 2 aromatic rings. The normalized spacial score (nSPS) is 10.3. The Kier molecular flexibility index (Phi) is 4.90. The third-order valence-electron chi connectivity index (χ3n) is 2.82. The zero-order valence-electron chi connectivity index (χ0n) is 11.2. The van der Waals surface area contributed by atoms with Crippen LogP contribution in [-0.2, 0) is 4.79 Å². The number of anilines is 2. The average molecular weight is 355 g/mol. The smallest absolute Gasteiger partial charge is 0.243 e. The van der Waals surface area contributed by atoms with Crippen molar-refractivity contribution in [1.29, 1.82) is 0 Å². The molecule has 0 fully saturated rings. The second-order valence-electron chi connectivity index (χ2n) is 4.47. The van der Waals surface area contributed by atoms with Gasteiger partial charge in [-0.15, -0.1) is 0 Å². The van der Waals surface area contributed by atoms with Gasteiger partial charge in [-0.3, -0.25) is 4.79 Å². The molecule has 110 valence electrons. The van der Waals surface area contributed by atoms with Crippen molar-refractivity contribution in [3.05, 3.63) is 58.1 Å². The average Bonchev–Trinajstić information content (AvgIpc) is 2.43. The maximum Gasteiger partial charge on any atom is 0.243 e. The lowest BCUT2D eigenvalue weighted by Crippen LogP contribution is -2.22. The summed E-state index contributed by atoms with van der Waals surface area (Å²) in [6.45, 7) is 1.30. The van der Waals surface area contributed by atoms with Gasteiger partial charge in [0.1, 0.15) is 11.5 Å². The fraction of sp³-hybridized carbons (Fsp3) is 0.133. The summed E-state index contributed by atoms with van der Waals surface area (Å²) in [5, 5.41) is 5.11. The van der Waals surface area contributed by atoms with Crippen molar-refractivity contribution in [2.75, 3.05) is 17.2 Å². The standard InChI is InChI=1S/C15H13BrF2N2O/c1-9-5-6-12(17)15(14(9)18)19-8-13(21)20-11-4-2-3-10(16)7-11/h2-7,19H,8H2,1H3,(H,20,21). The highest BCUT2D eigenvalue weighted by molar-refractivity contribution is 9.10. The number of amides is 1. The van der Waals surface area contributed by atoms with E-state index in [9.17, 15) is 13.6 Å². The van der Waals surface area contributed by atoms with Gasteiger partial charge >= 0.3 is 0 Å². The minimum absolute atomic E-state index is 0.232. The van der Waals surface area contributed by atoms with Crippen LogP contribution in [0.15, 0.2) is 40.9 Å². The quantitative estimate of drug-likeness (QED) is 0.868. The predicted octanol–water partition coefficient (Wildman–Crippen LogP) is 4.09. The van der Waals surface area contributed by atoms with Crippen LogP contribution in [0.1, 0.15) is 5.56 Å². The first kappa shape index (κ1) is 15.4. The van der Waals surface area contributed by atoms with Crippen LogP contribution in [0.2, 0.25) is 0 Å². The van der Waals surface area contributed by atoms with Gasteiger partial charge < -0.3 is 10.6 Å². The molecule has 0 spiro atoms. The fourth-order valence-electron chi connectivity index (χ4n) is 1.76. The third kappa shape index (κ3) is 4.01. The minimum Gasteiger partial charge on any atom is -0.371 e. The number of aryl methyl sites for hydroxylation is 1. The van der Waals surface area contributed by atoms with Gasteiger partial charge in [0.15, 0.2) is 5.82 Å². The Morgan fingerprint density at radius 1 is 1.24 bits per heavy atom. The predicted molar refractivity (Wildman–Crippen MR) is 82.4 cm³/mol. The maximum absolute atomic E-state index is 13.8. The van der Waals surface area contributed by atoms with E-state index in [1.807, 2.05) is 6.07 Å². The summed E-state index contributed by atoms with van der Waals surface area (Å²) in [5.41, 5.74) is 0.618. The maximum atomic E-state index is 13.8. The summed E-state index contributed by atoms with van der Waals surface area (Å²) in [4.78, 5) is 11.8. The number of carbonyl (C=O) groups excluding carboxylic acids is 1. The zero-order chi connectivity index (χ0) is 15.4. The molecule has 0 saturated carbocycles. The number of hydrogen-bond acceptors (Lipinski definition) is 2. The van der Waals surface area contributed by atoms with Crippen LogP contribution in [0, 0.1) is 18.6 Å². The molecular weight excluding hydrogens is 342 g/mol. The highest BCUT2D eigenvalue weighted by Gasteiger charge is 2.12. The second-order valence-corrected chi connectivity index (χ2v) is 5.38. The SMILES string of the molecule is Cc1ccc(F)c(NCC(=O)Nc2cccc(Br)c2)c1F. The molecule has 0 saturated heterocycles. The monoisotopic (exact) mass is 354 g/mol. The van der Waals surface area contributed by atoms with Crippen LogP contribution >= 0.6 is 15.9 Å². The summed E-state index contributed by atoms with van der Waals surface area (Å²) < 4.78 is 28.1. The van der Waals surface area contributed by atoms with Crippen LogP contribution in [0.3, 0.4) is 0 Å². The Hall–Kier alpha value is -1.95. The second kappa shape index (κ2) is 6.67. The van der Waals surface area contributed by atoms with E-state index in [0.29, 0.717) is 11.3 Å². The molecule has 0 radical (unpaired) electrons. The molecule has 0 atom stereocenters. The minimum atomic E-state index is -0.728. The molecule has 0 heterocycles. The van der Waals surface area contributed by atoms with Gasteiger partial charge in [-0.05, 0) is 36.8 Å². The summed E-state index contributed by atoms with van der Waals surface area (Å²) >= 11 is 3.29. The van der Waals surface area contributed by atoms with E-state index < -0.39 is 17.5 Å². The summed E-state index contributed by atoms with van der Waals surface area (Å²) in [6, 6.07) is 9.55. The van der Waals surface area contributed by atoms with Crippen molar-refractivity contribution < 1.29 is 13.6 Å². The molecule has 2 aromatic carbocycles. The molecule has 0 bridgehead atoms. The van der Waals surface area contributed by atoms with E-state index in [4.69, 9.17) is 0 Å². The number of nitrogens with one attached hydrogen (secondary N) is 2. The lowest BCUT2D eigenvalue weighted by molar-refractivity contribution is -0.114. The Balaban J connectivity index is 2.00. The molecule has 6 heteroatoms. The highest BCUT2D eigenvalue weighted by atomic mass is 79.9. The number of rotatable bonds is 4. The first-order chi connectivity index (χ1) is 9.97. The van der Waals surface area contributed by atoms with Gasteiger partial charge in [0.2, 0.25) is 5.91 Å². The molecule has 0 aromatic heterocycles. The van der Waals surface area contributed by atoms with Crippen molar-refractivity contribution in [2.24, 2.45) is 0 Å². The number of hydrogen-bond donors (Lipinski definition) is 2. The largest absolute Gasteiger partial charge is 0.371 e. The molecule has 3 nitrogen and oxygen atoms in total. The summed E-state index contributed by atoms with van der Waals surface area (Å²) in [5.74, 6) is -1.81. The Morgan fingerprint density at radius 2 is 2.00 bits per heavy atom. The van der Waals surface area contributed by atoms with Crippen molar-refractivity contribution in [2.45, 2.75) is 6.92 Å². The van der Waals surface area contributed by atoms with Crippen LogP contribution in [0.4, 0.5) is 20.2 Å². The fourth-order valence-corrected chi connectivity index (χ4v) is 2.16. The van der Waals surface area contributed by atoms with E-state index in [-0.39, 0.29) is 12.2 Å². The van der Waals surface area contributed by atoms with Gasteiger partial charge in [0.25, 0.3) is 0 Å². The van der Waals surface area contributed by atoms with E-state index in [2.05, 4.69) is 26.6 Å². The summed E-state index contributed by atoms with van der Waals surface area (Å²) in [6.07, 6.45) is 0. The van der Waals surface area contributed by atoms with Crippen LogP contribution in [0.5, 0.6) is 0 Å². The first-order valence-electron chi connectivity index (χ1n) is 6.21.